The summed E-state index contributed by atoms with van der Waals surface area (Å²) in [5.74, 6) is -0.434. The monoisotopic (exact) mass is 308 g/mol. The third kappa shape index (κ3) is 3.72. The van der Waals surface area contributed by atoms with E-state index in [1.165, 1.54) is 0 Å². The second kappa shape index (κ2) is 6.58. The summed E-state index contributed by atoms with van der Waals surface area (Å²) in [4.78, 5) is 15.7. The van der Waals surface area contributed by atoms with Gasteiger partial charge in [0.25, 0.3) is 0 Å². The maximum absolute atomic E-state index is 11.7. The van der Waals surface area contributed by atoms with Crippen molar-refractivity contribution in [2.75, 3.05) is 11.9 Å². The molecule has 7 heteroatoms. The van der Waals surface area contributed by atoms with Crippen molar-refractivity contribution >= 4 is 23.3 Å². The average molecular weight is 309 g/mol. The molecule has 0 aliphatic heterocycles. The molecule has 112 valence electrons. The zero-order valence-electron chi connectivity index (χ0n) is 12.1. The van der Waals surface area contributed by atoms with Gasteiger partial charge >= 0.3 is 5.97 Å². The Hall–Kier alpha value is -2.08. The highest BCUT2D eigenvalue weighted by Crippen LogP contribution is 2.28. The third-order valence-corrected chi connectivity index (χ3v) is 2.87. The van der Waals surface area contributed by atoms with Crippen molar-refractivity contribution in [3.63, 3.8) is 0 Å². The Labute approximate surface area is 127 Å². The second-order valence-electron chi connectivity index (χ2n) is 4.74. The van der Waals surface area contributed by atoms with Crippen LogP contribution in [0, 0.1) is 0 Å². The number of nitrogens with zero attached hydrogens (tertiary/aromatic N) is 2. The molecule has 2 rings (SSSR count). The highest BCUT2D eigenvalue weighted by molar-refractivity contribution is 6.29. The summed E-state index contributed by atoms with van der Waals surface area (Å²) in [6.07, 6.45) is 1.62. The van der Waals surface area contributed by atoms with E-state index in [4.69, 9.17) is 16.3 Å². The Kier molecular flexibility index (Phi) is 4.80. The second-order valence-corrected chi connectivity index (χ2v) is 5.13. The van der Waals surface area contributed by atoms with E-state index in [1.54, 1.807) is 25.3 Å². The van der Waals surface area contributed by atoms with E-state index in [-0.39, 0.29) is 6.04 Å². The van der Waals surface area contributed by atoms with Gasteiger partial charge in [0.15, 0.2) is 0 Å². The summed E-state index contributed by atoms with van der Waals surface area (Å²) < 4.78 is 4.93. The van der Waals surface area contributed by atoms with Gasteiger partial charge < -0.3 is 10.1 Å². The number of anilines is 1. The number of nitrogens with one attached hydrogen (secondary N) is 2. The number of hydrogen-bond acceptors (Lipinski definition) is 5. The molecular formula is C14H17ClN4O2. The van der Waals surface area contributed by atoms with E-state index < -0.39 is 5.97 Å². The van der Waals surface area contributed by atoms with E-state index in [1.807, 2.05) is 13.8 Å². The molecule has 2 N–H and O–H groups in total. The maximum Gasteiger partial charge on any atom is 0.356 e. The van der Waals surface area contributed by atoms with Crippen LogP contribution in [0.4, 0.5) is 5.69 Å². The molecule has 0 amide bonds. The minimum Gasteiger partial charge on any atom is -0.461 e. The average Bonchev–Trinajstić information content (AvgIpc) is 2.88. The first kappa shape index (κ1) is 15.3. The zero-order chi connectivity index (χ0) is 15.4. The first-order valence-corrected chi connectivity index (χ1v) is 7.04. The summed E-state index contributed by atoms with van der Waals surface area (Å²) in [7, 11) is 0. The minimum atomic E-state index is -0.434. The number of carbonyl (C=O) groups excluding carboxylic acids is 1. The standard InChI is InChI=1S/C14H17ClN4O2/c1-4-21-14(20)12-5-11(18-19-12)9-7-16-13(15)6-10(9)17-8(2)3/h5-8H,4H2,1-3H3,(H,16,17)(H,18,19). The molecular weight excluding hydrogens is 292 g/mol. The van der Waals surface area contributed by atoms with E-state index in [0.29, 0.717) is 23.1 Å². The number of aromatic amines is 1. The molecule has 0 bridgehead atoms. The first-order chi connectivity index (χ1) is 10.0. The lowest BCUT2D eigenvalue weighted by Gasteiger charge is -2.13. The number of ether oxygens (including phenoxy) is 1. The number of H-pyrrole nitrogens is 1. The first-order valence-electron chi connectivity index (χ1n) is 6.66. The molecule has 0 atom stereocenters. The Morgan fingerprint density at radius 3 is 2.90 bits per heavy atom. The lowest BCUT2D eigenvalue weighted by Crippen LogP contribution is -2.10. The minimum absolute atomic E-state index is 0.227. The highest BCUT2D eigenvalue weighted by Gasteiger charge is 2.15. The van der Waals surface area contributed by atoms with Crippen molar-refractivity contribution in [2.24, 2.45) is 0 Å². The molecule has 0 spiro atoms. The van der Waals surface area contributed by atoms with Crippen molar-refractivity contribution < 1.29 is 9.53 Å². The van der Waals surface area contributed by atoms with Gasteiger partial charge in [-0.05, 0) is 32.9 Å². The number of halogens is 1. The normalized spacial score (nSPS) is 10.7. The number of pyridine rings is 1. The number of rotatable bonds is 5. The molecule has 0 saturated carbocycles. The summed E-state index contributed by atoms with van der Waals surface area (Å²) in [6, 6.07) is 3.59. The molecule has 0 fully saturated rings. The highest BCUT2D eigenvalue weighted by atomic mass is 35.5. The van der Waals surface area contributed by atoms with Crippen LogP contribution in [0.3, 0.4) is 0 Å². The van der Waals surface area contributed by atoms with E-state index in [2.05, 4.69) is 20.5 Å². The lowest BCUT2D eigenvalue weighted by atomic mass is 10.1. The van der Waals surface area contributed by atoms with Crippen LogP contribution in [0.25, 0.3) is 11.3 Å². The summed E-state index contributed by atoms with van der Waals surface area (Å²) >= 11 is 5.93. The summed E-state index contributed by atoms with van der Waals surface area (Å²) in [5, 5.41) is 10.5. The fourth-order valence-corrected chi connectivity index (χ4v) is 2.00. The van der Waals surface area contributed by atoms with Gasteiger partial charge in [0.1, 0.15) is 10.8 Å². The molecule has 0 aliphatic carbocycles. The van der Waals surface area contributed by atoms with Gasteiger partial charge in [0, 0.05) is 23.5 Å². The molecule has 2 aromatic heterocycles. The molecule has 2 aromatic rings. The summed E-state index contributed by atoms with van der Waals surface area (Å²) in [6.45, 7) is 6.11. The molecule has 0 unspecified atom stereocenters. The topological polar surface area (TPSA) is 79.9 Å². The number of aromatic nitrogens is 3. The molecule has 0 aliphatic rings. The van der Waals surface area contributed by atoms with Crippen molar-refractivity contribution in [1.82, 2.24) is 15.2 Å². The molecule has 0 radical (unpaired) electrons. The van der Waals surface area contributed by atoms with Crippen LogP contribution in [0.5, 0.6) is 0 Å². The Balaban J connectivity index is 2.35. The van der Waals surface area contributed by atoms with Gasteiger partial charge in [-0.2, -0.15) is 5.10 Å². The number of hydrogen-bond donors (Lipinski definition) is 2. The van der Waals surface area contributed by atoms with Gasteiger partial charge in [-0.1, -0.05) is 11.6 Å². The van der Waals surface area contributed by atoms with E-state index in [0.717, 1.165) is 11.3 Å². The van der Waals surface area contributed by atoms with Gasteiger partial charge in [0.2, 0.25) is 0 Å². The molecule has 2 heterocycles. The van der Waals surface area contributed by atoms with E-state index in [9.17, 15) is 4.79 Å². The Morgan fingerprint density at radius 2 is 2.24 bits per heavy atom. The van der Waals surface area contributed by atoms with Crippen LogP contribution in [0.15, 0.2) is 18.3 Å². The fraction of sp³-hybridized carbons (Fsp3) is 0.357. The van der Waals surface area contributed by atoms with Crippen molar-refractivity contribution in [3.8, 4) is 11.3 Å². The van der Waals surface area contributed by atoms with Gasteiger partial charge in [-0.25, -0.2) is 9.78 Å². The Bertz CT molecular complexity index is 640. The van der Waals surface area contributed by atoms with Crippen LogP contribution in [-0.4, -0.2) is 33.8 Å². The predicted octanol–water partition coefficient (Wildman–Crippen LogP) is 3.12. The smallest absolute Gasteiger partial charge is 0.356 e. The SMILES string of the molecule is CCOC(=O)c1cc(-c2cnc(Cl)cc2NC(C)C)n[nH]1. The van der Waals surface area contributed by atoms with Gasteiger partial charge in [0.05, 0.1) is 12.3 Å². The third-order valence-electron chi connectivity index (χ3n) is 2.66. The van der Waals surface area contributed by atoms with Crippen LogP contribution in [0.2, 0.25) is 5.15 Å². The van der Waals surface area contributed by atoms with Crippen molar-refractivity contribution in [2.45, 2.75) is 26.8 Å². The lowest BCUT2D eigenvalue weighted by molar-refractivity contribution is 0.0519. The van der Waals surface area contributed by atoms with Crippen LogP contribution in [0.1, 0.15) is 31.3 Å². The van der Waals surface area contributed by atoms with Crippen LogP contribution >= 0.6 is 11.6 Å². The summed E-state index contributed by atoms with van der Waals surface area (Å²) in [5.41, 5.74) is 2.48. The predicted molar refractivity (Wildman–Crippen MR) is 81.5 cm³/mol. The number of carbonyl (C=O) groups is 1. The largest absolute Gasteiger partial charge is 0.461 e. The molecule has 0 saturated heterocycles. The van der Waals surface area contributed by atoms with Gasteiger partial charge in [-0.15, -0.1) is 0 Å². The van der Waals surface area contributed by atoms with E-state index >= 15 is 0 Å². The molecule has 21 heavy (non-hydrogen) atoms. The van der Waals surface area contributed by atoms with Crippen LogP contribution < -0.4 is 5.32 Å². The quantitative estimate of drug-likeness (QED) is 0.655. The zero-order valence-corrected chi connectivity index (χ0v) is 12.9. The van der Waals surface area contributed by atoms with Crippen molar-refractivity contribution in [1.29, 1.82) is 0 Å². The molecule has 0 aromatic carbocycles. The van der Waals surface area contributed by atoms with Gasteiger partial charge in [-0.3, -0.25) is 5.10 Å². The fourth-order valence-electron chi connectivity index (χ4n) is 1.84. The number of esters is 1. The Morgan fingerprint density at radius 1 is 1.48 bits per heavy atom. The van der Waals surface area contributed by atoms with Crippen LogP contribution in [-0.2, 0) is 4.74 Å². The maximum atomic E-state index is 11.7. The van der Waals surface area contributed by atoms with Crippen molar-refractivity contribution in [3.05, 3.63) is 29.2 Å². The molecule has 6 nitrogen and oxygen atoms in total.